The summed E-state index contributed by atoms with van der Waals surface area (Å²) < 4.78 is 5.07. The molecule has 0 saturated heterocycles. The molecule has 0 N–H and O–H groups in total. The van der Waals surface area contributed by atoms with E-state index in [0.29, 0.717) is 0 Å². The summed E-state index contributed by atoms with van der Waals surface area (Å²) >= 11 is 3.68. The lowest BCUT2D eigenvalue weighted by Crippen LogP contribution is -2.16. The summed E-state index contributed by atoms with van der Waals surface area (Å²) in [7, 11) is 0. The number of benzene rings is 4. The largest absolute Gasteiger partial charge is 0.135 e. The molecule has 0 atom stereocenters. The van der Waals surface area contributed by atoms with Crippen molar-refractivity contribution in [1.29, 1.82) is 0 Å². The van der Waals surface area contributed by atoms with Crippen LogP contribution in [0, 0.1) is 0 Å². The van der Waals surface area contributed by atoms with Gasteiger partial charge in [-0.2, -0.15) is 0 Å². The van der Waals surface area contributed by atoms with E-state index in [9.17, 15) is 0 Å². The Kier molecular flexibility index (Phi) is 12.0. The average Bonchev–Trinajstić information content (AvgIpc) is 3.75. The van der Waals surface area contributed by atoms with E-state index >= 15 is 0 Å². The molecule has 7 aromatic rings. The summed E-state index contributed by atoms with van der Waals surface area (Å²) in [6.07, 6.45) is 25.8. The van der Waals surface area contributed by atoms with E-state index in [1.807, 2.05) is 11.3 Å². The molecule has 0 fully saturated rings. The Hall–Kier alpha value is -5.80. The van der Waals surface area contributed by atoms with Crippen LogP contribution in [0.3, 0.4) is 0 Å². The summed E-state index contributed by atoms with van der Waals surface area (Å²) in [6.45, 7) is 15.5. The van der Waals surface area contributed by atoms with Crippen LogP contribution in [0.15, 0.2) is 182 Å². The molecule has 2 heteroatoms. The van der Waals surface area contributed by atoms with E-state index in [1.165, 1.54) is 68.3 Å². The summed E-state index contributed by atoms with van der Waals surface area (Å²) in [6, 6.07) is 39.0. The highest BCUT2D eigenvalue weighted by Gasteiger charge is 2.16. The molecule has 0 amide bonds. The molecule has 0 radical (unpaired) electrons. The van der Waals surface area contributed by atoms with Gasteiger partial charge < -0.3 is 0 Å². The molecule has 0 spiro atoms. The highest BCUT2D eigenvalue weighted by atomic mass is 32.1. The van der Waals surface area contributed by atoms with Crippen molar-refractivity contribution in [3.63, 3.8) is 0 Å². The van der Waals surface area contributed by atoms with Crippen LogP contribution in [-0.2, 0) is 0 Å². The SMILES string of the molecule is C=C(\C=C/C=C/C=C/C=c1\c(=C)sc2c3ccccc3c3sc4ccccc4c3c12)c1ccccccc(/C(C)=C/C=C(/C=C\C)CCC)c2ccccc12. The maximum Gasteiger partial charge on any atom is 0.0441 e. The fourth-order valence-electron chi connectivity index (χ4n) is 7.31. The smallest absolute Gasteiger partial charge is 0.0441 e. The van der Waals surface area contributed by atoms with Gasteiger partial charge in [-0.3, -0.25) is 0 Å². The number of hydrogen-bond donors (Lipinski definition) is 0. The van der Waals surface area contributed by atoms with Gasteiger partial charge in [-0.15, -0.1) is 22.7 Å². The van der Waals surface area contributed by atoms with Crippen LogP contribution in [-0.4, -0.2) is 0 Å². The first-order chi connectivity index (χ1) is 27.0. The van der Waals surface area contributed by atoms with E-state index in [-0.39, 0.29) is 0 Å². The summed E-state index contributed by atoms with van der Waals surface area (Å²) in [5.74, 6) is 0. The zero-order chi connectivity index (χ0) is 38.1. The van der Waals surface area contributed by atoms with Gasteiger partial charge in [0.05, 0.1) is 0 Å². The van der Waals surface area contributed by atoms with Gasteiger partial charge in [0.2, 0.25) is 0 Å². The van der Waals surface area contributed by atoms with Crippen molar-refractivity contribution in [2.75, 3.05) is 0 Å². The fourth-order valence-corrected chi connectivity index (χ4v) is 9.69. The summed E-state index contributed by atoms with van der Waals surface area (Å²) in [5.41, 5.74) is 5.80. The molecular formula is C53H46S2. The number of thiophene rings is 2. The van der Waals surface area contributed by atoms with Gasteiger partial charge in [0.15, 0.2) is 0 Å². The standard InChI is InChI=1S/C53H46S2/c1-6-23-40(24-7-2)36-35-38(4)42-27-15-12-11-14-26-41(44-29-17-18-30-45(42)44)37(3)25-13-9-8-10-16-28-43-39(5)54-52-46-31-19-20-32-47(46)53-51(50(43)52)48-33-21-22-34-49(48)55-53/h6,8-23,25-36H,3,5,7,24H2,1-2,4H3/b9-8+,12-11?,14-11?,15-12?,16-10+,23-6-,25-13-,26-14?,27-15?,38-35+,40-36-,41-26?,42-27?,43-28+,44-41?,45-42?. The first kappa shape index (κ1) is 37.5. The van der Waals surface area contributed by atoms with Crippen LogP contribution in [0.25, 0.3) is 75.6 Å². The van der Waals surface area contributed by atoms with E-state index in [1.54, 1.807) is 11.3 Å². The highest BCUT2D eigenvalue weighted by molar-refractivity contribution is 7.27. The van der Waals surface area contributed by atoms with Crippen molar-refractivity contribution in [2.24, 2.45) is 0 Å². The minimum Gasteiger partial charge on any atom is -0.135 e. The predicted octanol–water partition coefficient (Wildman–Crippen LogP) is 15.0. The van der Waals surface area contributed by atoms with Gasteiger partial charge >= 0.3 is 0 Å². The molecule has 0 aliphatic heterocycles. The average molecular weight is 747 g/mol. The molecule has 0 bridgehead atoms. The van der Waals surface area contributed by atoms with Gasteiger partial charge in [-0.25, -0.2) is 0 Å². The topological polar surface area (TPSA) is 0 Å². The normalized spacial score (nSPS) is 13.3. The zero-order valence-electron chi connectivity index (χ0n) is 31.9. The molecule has 270 valence electrons. The monoisotopic (exact) mass is 746 g/mol. The molecule has 55 heavy (non-hydrogen) atoms. The number of hydrogen-bond acceptors (Lipinski definition) is 2. The first-order valence-corrected chi connectivity index (χ1v) is 20.6. The van der Waals surface area contributed by atoms with E-state index in [4.69, 9.17) is 0 Å². The quantitative estimate of drug-likeness (QED) is 0.122. The molecule has 0 aliphatic carbocycles. The Morgan fingerprint density at radius 2 is 1.18 bits per heavy atom. The lowest BCUT2D eigenvalue weighted by molar-refractivity contribution is 0.926. The van der Waals surface area contributed by atoms with Gasteiger partial charge in [0.25, 0.3) is 0 Å². The molecular weight excluding hydrogens is 701 g/mol. The van der Waals surface area contributed by atoms with Crippen LogP contribution in [0.5, 0.6) is 0 Å². The van der Waals surface area contributed by atoms with Crippen LogP contribution < -0.4 is 9.75 Å². The van der Waals surface area contributed by atoms with Crippen molar-refractivity contribution in [3.8, 4) is 0 Å². The number of rotatable bonds is 10. The third kappa shape index (κ3) is 8.03. The Morgan fingerprint density at radius 3 is 1.89 bits per heavy atom. The summed E-state index contributed by atoms with van der Waals surface area (Å²) in [5, 5.41) is 10.1. The van der Waals surface area contributed by atoms with E-state index < -0.39 is 0 Å². The lowest BCUT2D eigenvalue weighted by Gasteiger charge is -2.09. The lowest BCUT2D eigenvalue weighted by atomic mass is 9.95. The Morgan fingerprint density at radius 1 is 0.600 bits per heavy atom. The molecule has 2 heterocycles. The van der Waals surface area contributed by atoms with Gasteiger partial charge in [0.1, 0.15) is 0 Å². The molecule has 7 rings (SSSR count). The first-order valence-electron chi connectivity index (χ1n) is 19.0. The van der Waals surface area contributed by atoms with Crippen molar-refractivity contribution >= 4 is 98.3 Å². The van der Waals surface area contributed by atoms with E-state index in [0.717, 1.165) is 33.9 Å². The predicted molar refractivity (Wildman–Crippen MR) is 251 cm³/mol. The number of fused-ring (bicyclic) bond motifs is 9. The van der Waals surface area contributed by atoms with Crippen LogP contribution in [0.4, 0.5) is 0 Å². The van der Waals surface area contributed by atoms with E-state index in [2.05, 4.69) is 210 Å². The Labute approximate surface area is 333 Å². The van der Waals surface area contributed by atoms with Crippen molar-refractivity contribution < 1.29 is 0 Å². The Bertz CT molecular complexity index is 2930. The fraction of sp³-hybridized carbons (Fsp3) is 0.0943. The van der Waals surface area contributed by atoms with Gasteiger partial charge in [-0.1, -0.05) is 196 Å². The Balaban J connectivity index is 1.21. The third-order valence-electron chi connectivity index (χ3n) is 9.89. The molecule has 0 unspecified atom stereocenters. The minimum atomic E-state index is 0.951. The zero-order valence-corrected chi connectivity index (χ0v) is 33.5. The second-order valence-corrected chi connectivity index (χ2v) is 15.8. The molecule has 5 aromatic carbocycles. The van der Waals surface area contributed by atoms with Crippen molar-refractivity contribution in [2.45, 2.75) is 33.6 Å². The highest BCUT2D eigenvalue weighted by Crippen LogP contribution is 2.43. The summed E-state index contributed by atoms with van der Waals surface area (Å²) in [4.78, 5) is 0. The molecule has 0 aliphatic rings. The molecule has 0 saturated carbocycles. The second kappa shape index (κ2) is 17.6. The van der Waals surface area contributed by atoms with Crippen LogP contribution >= 0.6 is 22.7 Å². The molecule has 2 aromatic heterocycles. The van der Waals surface area contributed by atoms with Crippen LogP contribution in [0.1, 0.15) is 44.7 Å². The maximum absolute atomic E-state index is 4.52. The van der Waals surface area contributed by atoms with Gasteiger partial charge in [-0.05, 0) is 65.0 Å². The third-order valence-corrected chi connectivity index (χ3v) is 12.2. The van der Waals surface area contributed by atoms with Crippen LogP contribution in [0.2, 0.25) is 0 Å². The number of allylic oxidation sites excluding steroid dienone is 13. The minimum absolute atomic E-state index is 0.951. The van der Waals surface area contributed by atoms with Gasteiger partial charge in [0, 0.05) is 50.8 Å². The van der Waals surface area contributed by atoms with Crippen molar-refractivity contribution in [3.05, 3.63) is 203 Å². The second-order valence-electron chi connectivity index (χ2n) is 13.6. The maximum atomic E-state index is 4.52. The van der Waals surface area contributed by atoms with Crippen molar-refractivity contribution in [1.82, 2.24) is 0 Å². The molecule has 0 nitrogen and oxygen atoms in total.